The molecule has 1 heterocycles. The van der Waals surface area contributed by atoms with Gasteiger partial charge in [-0.15, -0.1) is 0 Å². The maximum atomic E-state index is 11.7. The molecule has 136 valence electrons. The molecule has 0 unspecified atom stereocenters. The Balaban J connectivity index is 1.69. The van der Waals surface area contributed by atoms with E-state index in [1.54, 1.807) is 43.3 Å². The van der Waals surface area contributed by atoms with E-state index in [1.807, 2.05) is 0 Å². The average molecular weight is 394 g/mol. The number of amides is 2. The normalized spacial score (nSPS) is 10.4. The lowest BCUT2D eigenvalue weighted by atomic mass is 10.3. The number of hydrogen-bond donors (Lipinski definition) is 3. The van der Waals surface area contributed by atoms with Crippen molar-refractivity contribution in [3.8, 4) is 5.75 Å². The number of furan rings is 1. The van der Waals surface area contributed by atoms with E-state index >= 15 is 0 Å². The van der Waals surface area contributed by atoms with Crippen molar-refractivity contribution in [2.24, 2.45) is 0 Å². The van der Waals surface area contributed by atoms with Crippen LogP contribution >= 0.6 is 23.8 Å². The van der Waals surface area contributed by atoms with Crippen LogP contribution in [0.5, 0.6) is 5.75 Å². The van der Waals surface area contributed by atoms with Gasteiger partial charge in [-0.3, -0.25) is 25.8 Å². The van der Waals surface area contributed by atoms with Gasteiger partial charge < -0.3 is 9.15 Å². The molecule has 0 aliphatic heterocycles. The van der Waals surface area contributed by atoms with Crippen LogP contribution < -0.4 is 20.9 Å². The molecule has 1 aromatic carbocycles. The first-order chi connectivity index (χ1) is 12.4. The summed E-state index contributed by atoms with van der Waals surface area (Å²) in [5.74, 6) is 0.699. The first-order valence-electron chi connectivity index (χ1n) is 7.45. The minimum atomic E-state index is -0.497. The van der Waals surface area contributed by atoms with Crippen LogP contribution in [0.4, 0.5) is 0 Å². The number of halogens is 1. The Morgan fingerprint density at radius 1 is 1.23 bits per heavy atom. The van der Waals surface area contributed by atoms with Crippen molar-refractivity contribution in [2.75, 3.05) is 6.61 Å². The highest BCUT2D eigenvalue weighted by molar-refractivity contribution is 7.80. The van der Waals surface area contributed by atoms with Gasteiger partial charge in [-0.05, 0) is 49.5 Å². The molecular formula is C17H16ClN3O4S. The number of hydrogen-bond acceptors (Lipinski definition) is 5. The second-order valence-corrected chi connectivity index (χ2v) is 5.81. The third-order valence-electron chi connectivity index (χ3n) is 2.91. The molecule has 0 fully saturated rings. The second kappa shape index (κ2) is 9.59. The van der Waals surface area contributed by atoms with Crippen molar-refractivity contribution in [3.63, 3.8) is 0 Å². The Labute approximate surface area is 160 Å². The van der Waals surface area contributed by atoms with Gasteiger partial charge in [0.05, 0.1) is 5.02 Å². The van der Waals surface area contributed by atoms with Gasteiger partial charge in [0, 0.05) is 6.08 Å². The van der Waals surface area contributed by atoms with Gasteiger partial charge in [0.2, 0.25) is 5.91 Å². The summed E-state index contributed by atoms with van der Waals surface area (Å²) in [6.07, 6.45) is 2.76. The maximum Gasteiger partial charge on any atom is 0.276 e. The molecule has 9 heteroatoms. The summed E-state index contributed by atoms with van der Waals surface area (Å²) in [6.45, 7) is 1.53. The maximum absolute atomic E-state index is 11.7. The van der Waals surface area contributed by atoms with Crippen LogP contribution in [0.25, 0.3) is 6.08 Å². The van der Waals surface area contributed by atoms with Crippen molar-refractivity contribution in [2.45, 2.75) is 6.92 Å². The number of para-hydroxylation sites is 1. The zero-order valence-corrected chi connectivity index (χ0v) is 15.3. The molecule has 1 aromatic heterocycles. The summed E-state index contributed by atoms with van der Waals surface area (Å²) in [5, 5.41) is 2.70. The van der Waals surface area contributed by atoms with Gasteiger partial charge in [-0.2, -0.15) is 0 Å². The number of carbonyl (C=O) groups excluding carboxylic acids is 2. The van der Waals surface area contributed by atoms with E-state index in [-0.39, 0.29) is 11.7 Å². The third kappa shape index (κ3) is 6.58. The zero-order chi connectivity index (χ0) is 18.9. The summed E-state index contributed by atoms with van der Waals surface area (Å²) in [5.41, 5.74) is 4.70. The molecule has 2 rings (SSSR count). The number of benzene rings is 1. The fourth-order valence-electron chi connectivity index (χ4n) is 1.75. The Morgan fingerprint density at radius 3 is 2.69 bits per heavy atom. The van der Waals surface area contributed by atoms with Crippen LogP contribution in [0, 0.1) is 6.92 Å². The van der Waals surface area contributed by atoms with Gasteiger partial charge in [-0.1, -0.05) is 23.7 Å². The molecule has 26 heavy (non-hydrogen) atoms. The predicted octanol–water partition coefficient (Wildman–Crippen LogP) is 2.36. The molecule has 7 nitrogen and oxygen atoms in total. The molecule has 0 aliphatic carbocycles. The summed E-state index contributed by atoms with van der Waals surface area (Å²) in [6, 6.07) is 10.3. The van der Waals surface area contributed by atoms with Crippen molar-refractivity contribution in [3.05, 3.63) is 59.0 Å². The van der Waals surface area contributed by atoms with E-state index in [4.69, 9.17) is 33.0 Å². The summed E-state index contributed by atoms with van der Waals surface area (Å²) >= 11 is 10.8. The first-order valence-corrected chi connectivity index (χ1v) is 8.24. The minimum Gasteiger partial charge on any atom is -0.482 e. The minimum absolute atomic E-state index is 0.0682. The lowest BCUT2D eigenvalue weighted by molar-refractivity contribution is -0.123. The van der Waals surface area contributed by atoms with Crippen LogP contribution in [-0.2, 0) is 9.59 Å². The van der Waals surface area contributed by atoms with Gasteiger partial charge in [0.15, 0.2) is 11.7 Å². The molecule has 0 atom stereocenters. The highest BCUT2D eigenvalue weighted by Crippen LogP contribution is 2.22. The van der Waals surface area contributed by atoms with Gasteiger partial charge in [0.25, 0.3) is 5.91 Å². The Bertz CT molecular complexity index is 835. The molecule has 2 aromatic rings. The third-order valence-corrected chi connectivity index (χ3v) is 3.42. The van der Waals surface area contributed by atoms with E-state index in [1.165, 1.54) is 12.2 Å². The van der Waals surface area contributed by atoms with Crippen LogP contribution in [0.15, 0.2) is 46.9 Å². The number of nitrogens with one attached hydrogen (secondary N) is 3. The predicted molar refractivity (Wildman–Crippen MR) is 101 cm³/mol. The molecule has 0 spiro atoms. The molecule has 0 bridgehead atoms. The highest BCUT2D eigenvalue weighted by atomic mass is 35.5. The van der Waals surface area contributed by atoms with Gasteiger partial charge in [-0.25, -0.2) is 0 Å². The lowest BCUT2D eigenvalue weighted by Crippen LogP contribution is -2.49. The molecule has 0 aliphatic rings. The van der Waals surface area contributed by atoms with E-state index in [0.29, 0.717) is 16.5 Å². The van der Waals surface area contributed by atoms with Crippen LogP contribution in [0.2, 0.25) is 5.02 Å². The number of rotatable bonds is 5. The Morgan fingerprint density at radius 2 is 2.00 bits per heavy atom. The fraction of sp³-hybridized carbons (Fsp3) is 0.118. The highest BCUT2D eigenvalue weighted by Gasteiger charge is 2.07. The van der Waals surface area contributed by atoms with Gasteiger partial charge >= 0.3 is 0 Å². The number of aryl methyl sites for hydroxylation is 1. The number of hydrazine groups is 1. The zero-order valence-electron chi connectivity index (χ0n) is 13.7. The smallest absolute Gasteiger partial charge is 0.276 e. The average Bonchev–Trinajstić information content (AvgIpc) is 3.03. The number of thiocarbonyl (C=S) groups is 1. The van der Waals surface area contributed by atoms with Crippen LogP contribution in [0.1, 0.15) is 11.5 Å². The molecule has 2 amide bonds. The number of carbonyl (C=O) groups is 2. The topological polar surface area (TPSA) is 92.6 Å². The Kier molecular flexibility index (Phi) is 7.19. The summed E-state index contributed by atoms with van der Waals surface area (Å²) < 4.78 is 10.6. The first kappa shape index (κ1) is 19.5. The standard InChI is InChI=1S/C17H16ClN3O4S/c1-11-6-7-12(25-11)8-9-15(22)19-17(26)21-20-16(23)10-24-14-5-3-2-4-13(14)18/h2-9H,10H2,1H3,(H,20,23)(H2,19,21,22,26). The van der Waals surface area contributed by atoms with Crippen molar-refractivity contribution < 1.29 is 18.7 Å². The largest absolute Gasteiger partial charge is 0.482 e. The fourth-order valence-corrected chi connectivity index (χ4v) is 2.10. The van der Waals surface area contributed by atoms with Crippen molar-refractivity contribution in [1.82, 2.24) is 16.2 Å². The van der Waals surface area contributed by atoms with Crippen LogP contribution in [-0.4, -0.2) is 23.5 Å². The van der Waals surface area contributed by atoms with Gasteiger partial charge in [0.1, 0.15) is 17.3 Å². The molecule has 3 N–H and O–H groups in total. The summed E-state index contributed by atoms with van der Waals surface area (Å²) in [4.78, 5) is 23.4. The molecule has 0 radical (unpaired) electrons. The van der Waals surface area contributed by atoms with E-state index in [9.17, 15) is 9.59 Å². The van der Waals surface area contributed by atoms with Crippen molar-refractivity contribution >= 4 is 46.8 Å². The quantitative estimate of drug-likeness (QED) is 0.410. The monoisotopic (exact) mass is 393 g/mol. The van der Waals surface area contributed by atoms with Crippen molar-refractivity contribution in [1.29, 1.82) is 0 Å². The molecule has 0 saturated heterocycles. The number of ether oxygens (including phenoxy) is 1. The summed E-state index contributed by atoms with van der Waals surface area (Å²) in [7, 11) is 0. The van der Waals surface area contributed by atoms with E-state index in [0.717, 1.165) is 5.76 Å². The second-order valence-electron chi connectivity index (χ2n) is 4.99. The Hall–Kier alpha value is -2.84. The van der Waals surface area contributed by atoms with Crippen LogP contribution in [0.3, 0.4) is 0 Å². The lowest BCUT2D eigenvalue weighted by Gasteiger charge is -2.11. The SMILES string of the molecule is Cc1ccc(C=CC(=O)NC(=S)NNC(=O)COc2ccccc2Cl)o1. The molecule has 0 saturated carbocycles. The van der Waals surface area contributed by atoms with E-state index < -0.39 is 11.8 Å². The molecular weight excluding hydrogens is 378 g/mol. The van der Waals surface area contributed by atoms with E-state index in [2.05, 4.69) is 16.2 Å².